The summed E-state index contributed by atoms with van der Waals surface area (Å²) in [4.78, 5) is 0. The molecule has 1 N–H and O–H groups in total. The molecule has 1 aromatic heterocycles. The second kappa shape index (κ2) is 4.90. The van der Waals surface area contributed by atoms with Gasteiger partial charge in [-0.25, -0.2) is 4.68 Å². The zero-order valence-corrected chi connectivity index (χ0v) is 12.2. The number of hydrogen-bond donors (Lipinski definition) is 1. The molecular weight excluding hydrogens is 280 g/mol. The van der Waals surface area contributed by atoms with Crippen LogP contribution in [0.15, 0.2) is 34.8 Å². The van der Waals surface area contributed by atoms with Gasteiger partial charge in [-0.05, 0) is 12.1 Å². The van der Waals surface area contributed by atoms with Crippen molar-refractivity contribution in [3.8, 4) is 0 Å². The Balaban J connectivity index is 1.93. The molecule has 1 aliphatic rings. The molecule has 98 valence electrons. The van der Waals surface area contributed by atoms with Crippen LogP contribution in [-0.2, 0) is 0 Å². The molecule has 0 fully saturated rings. The van der Waals surface area contributed by atoms with Crippen molar-refractivity contribution in [2.45, 2.75) is 24.9 Å². The molecule has 6 heteroatoms. The maximum Gasteiger partial charge on any atom is 0.214 e. The lowest BCUT2D eigenvalue weighted by atomic mass is 10.2. The number of benzene rings is 1. The monoisotopic (exact) mass is 292 g/mol. The zero-order chi connectivity index (χ0) is 13.4. The van der Waals surface area contributed by atoms with E-state index in [1.165, 1.54) is 0 Å². The third-order valence-electron chi connectivity index (χ3n) is 2.84. The Kier molecular flexibility index (Phi) is 3.24. The van der Waals surface area contributed by atoms with E-state index in [0.29, 0.717) is 5.92 Å². The van der Waals surface area contributed by atoms with Crippen LogP contribution in [0.3, 0.4) is 0 Å². The maximum atomic E-state index is 5.91. The van der Waals surface area contributed by atoms with Crippen LogP contribution in [0.25, 0.3) is 5.70 Å². The lowest BCUT2D eigenvalue weighted by molar-refractivity contribution is 0.700. The van der Waals surface area contributed by atoms with E-state index < -0.39 is 0 Å². The average molecular weight is 293 g/mol. The first-order valence-corrected chi connectivity index (χ1v) is 7.26. The number of halogens is 1. The van der Waals surface area contributed by atoms with Crippen molar-refractivity contribution in [2.24, 2.45) is 0 Å². The molecule has 4 nitrogen and oxygen atoms in total. The minimum Gasteiger partial charge on any atom is -0.290 e. The number of fused-ring (bicyclic) bond motifs is 1. The van der Waals surface area contributed by atoms with E-state index in [0.717, 1.165) is 27.3 Å². The van der Waals surface area contributed by atoms with Crippen molar-refractivity contribution in [1.82, 2.24) is 14.9 Å². The van der Waals surface area contributed by atoms with E-state index in [9.17, 15) is 0 Å². The van der Waals surface area contributed by atoms with E-state index in [1.54, 1.807) is 11.8 Å². The largest absolute Gasteiger partial charge is 0.290 e. The van der Waals surface area contributed by atoms with Gasteiger partial charge < -0.3 is 0 Å². The molecule has 0 aliphatic carbocycles. The van der Waals surface area contributed by atoms with Gasteiger partial charge in [0.25, 0.3) is 0 Å². The Bertz CT molecular complexity index is 631. The predicted octanol–water partition coefficient (Wildman–Crippen LogP) is 3.70. The van der Waals surface area contributed by atoms with Gasteiger partial charge in [-0.3, -0.25) is 5.43 Å². The smallest absolute Gasteiger partial charge is 0.214 e. The number of nitrogens with zero attached hydrogens (tertiary/aromatic N) is 3. The van der Waals surface area contributed by atoms with E-state index in [-0.39, 0.29) is 0 Å². The average Bonchev–Trinajstić information content (AvgIpc) is 2.82. The minimum absolute atomic E-state index is 0.318. The van der Waals surface area contributed by atoms with Crippen LogP contribution in [0.1, 0.15) is 31.2 Å². The minimum atomic E-state index is 0.318. The molecule has 0 radical (unpaired) electrons. The van der Waals surface area contributed by atoms with Gasteiger partial charge in [0.1, 0.15) is 0 Å². The molecule has 1 aromatic carbocycles. The summed E-state index contributed by atoms with van der Waals surface area (Å²) in [6.07, 6.45) is 0. The Morgan fingerprint density at radius 1 is 1.21 bits per heavy atom. The van der Waals surface area contributed by atoms with Crippen molar-refractivity contribution >= 4 is 29.1 Å². The van der Waals surface area contributed by atoms with Gasteiger partial charge in [0.15, 0.2) is 5.82 Å². The summed E-state index contributed by atoms with van der Waals surface area (Å²) in [7, 11) is 0. The van der Waals surface area contributed by atoms with Gasteiger partial charge in [0.05, 0.1) is 5.70 Å². The van der Waals surface area contributed by atoms with Crippen LogP contribution >= 0.6 is 23.4 Å². The summed E-state index contributed by atoms with van der Waals surface area (Å²) in [6, 6.07) is 7.75. The summed E-state index contributed by atoms with van der Waals surface area (Å²) in [5, 5.41) is 12.0. The highest BCUT2D eigenvalue weighted by atomic mass is 35.5. The number of nitrogens with one attached hydrogen (secondary N) is 1. The summed E-state index contributed by atoms with van der Waals surface area (Å²) in [5.74, 6) is 1.25. The van der Waals surface area contributed by atoms with Crippen molar-refractivity contribution in [3.63, 3.8) is 0 Å². The highest BCUT2D eigenvalue weighted by Gasteiger charge is 2.19. The molecule has 19 heavy (non-hydrogen) atoms. The fourth-order valence-corrected chi connectivity index (χ4v) is 2.73. The first-order chi connectivity index (χ1) is 9.15. The molecular formula is C13H13ClN4S. The standard InChI is InChI=1S/C13H13ClN4S/c1-8(2)12-15-16-13-18(12)17-11(7-19-13)9-3-5-10(14)6-4-9/h3-8,17H,1-2H3. The zero-order valence-electron chi connectivity index (χ0n) is 10.6. The molecule has 0 amide bonds. The summed E-state index contributed by atoms with van der Waals surface area (Å²) in [6.45, 7) is 4.20. The SMILES string of the molecule is CC(C)c1nnc2n1NC(c1ccc(Cl)cc1)=CS2. The van der Waals surface area contributed by atoms with E-state index >= 15 is 0 Å². The predicted molar refractivity (Wildman–Crippen MR) is 78.8 cm³/mol. The van der Waals surface area contributed by atoms with Gasteiger partial charge in [0.2, 0.25) is 5.16 Å². The third-order valence-corrected chi connectivity index (χ3v) is 3.93. The Morgan fingerprint density at radius 2 is 1.95 bits per heavy atom. The molecule has 0 atom stereocenters. The molecule has 0 bridgehead atoms. The second-order valence-corrected chi connectivity index (χ2v) is 5.87. The van der Waals surface area contributed by atoms with E-state index in [1.807, 2.05) is 34.3 Å². The van der Waals surface area contributed by atoms with Crippen LogP contribution < -0.4 is 5.43 Å². The van der Waals surface area contributed by atoms with Gasteiger partial charge >= 0.3 is 0 Å². The van der Waals surface area contributed by atoms with Gasteiger partial charge in [0, 0.05) is 21.9 Å². The molecule has 2 aromatic rings. The van der Waals surface area contributed by atoms with Gasteiger partial charge in [-0.15, -0.1) is 10.2 Å². The van der Waals surface area contributed by atoms with Crippen LogP contribution in [-0.4, -0.2) is 14.9 Å². The first kappa shape index (κ1) is 12.6. The van der Waals surface area contributed by atoms with E-state index in [2.05, 4.69) is 29.5 Å². The number of rotatable bonds is 2. The van der Waals surface area contributed by atoms with Crippen molar-refractivity contribution in [1.29, 1.82) is 0 Å². The van der Waals surface area contributed by atoms with Crippen LogP contribution in [0.5, 0.6) is 0 Å². The first-order valence-electron chi connectivity index (χ1n) is 6.00. The molecule has 0 unspecified atom stereocenters. The molecule has 0 spiro atoms. The summed E-state index contributed by atoms with van der Waals surface area (Å²) >= 11 is 7.48. The lowest BCUT2D eigenvalue weighted by Crippen LogP contribution is -2.20. The fraction of sp³-hybridized carbons (Fsp3) is 0.231. The second-order valence-electron chi connectivity index (χ2n) is 4.60. The highest BCUT2D eigenvalue weighted by Crippen LogP contribution is 2.30. The molecule has 1 aliphatic heterocycles. The van der Waals surface area contributed by atoms with Crippen molar-refractivity contribution < 1.29 is 0 Å². The molecule has 0 saturated carbocycles. The van der Waals surface area contributed by atoms with Crippen molar-refractivity contribution in [2.75, 3.05) is 5.43 Å². The number of hydrogen-bond acceptors (Lipinski definition) is 4. The quantitative estimate of drug-likeness (QED) is 0.916. The van der Waals surface area contributed by atoms with Crippen LogP contribution in [0.4, 0.5) is 0 Å². The van der Waals surface area contributed by atoms with Crippen LogP contribution in [0.2, 0.25) is 5.02 Å². The maximum absolute atomic E-state index is 5.91. The lowest BCUT2D eigenvalue weighted by Gasteiger charge is -2.20. The normalized spacial score (nSPS) is 14.0. The topological polar surface area (TPSA) is 42.7 Å². The Labute approximate surface area is 120 Å². The Hall–Kier alpha value is -1.46. The molecule has 2 heterocycles. The van der Waals surface area contributed by atoms with E-state index in [4.69, 9.17) is 11.6 Å². The number of thioether (sulfide) groups is 1. The highest BCUT2D eigenvalue weighted by molar-refractivity contribution is 8.02. The van der Waals surface area contributed by atoms with Crippen molar-refractivity contribution in [3.05, 3.63) is 46.1 Å². The van der Waals surface area contributed by atoms with Gasteiger partial charge in [-0.2, -0.15) is 0 Å². The summed E-state index contributed by atoms with van der Waals surface area (Å²) < 4.78 is 1.94. The van der Waals surface area contributed by atoms with Crippen LogP contribution in [0, 0.1) is 0 Å². The fourth-order valence-electron chi connectivity index (χ4n) is 1.86. The number of aromatic nitrogens is 3. The molecule has 0 saturated heterocycles. The van der Waals surface area contributed by atoms with Gasteiger partial charge in [-0.1, -0.05) is 49.3 Å². The Morgan fingerprint density at radius 3 is 2.63 bits per heavy atom. The summed E-state index contributed by atoms with van der Waals surface area (Å²) in [5.41, 5.74) is 5.46. The molecule has 3 rings (SSSR count). The third kappa shape index (κ3) is 2.35.